The highest BCUT2D eigenvalue weighted by atomic mass is 127. The van der Waals surface area contributed by atoms with Crippen molar-refractivity contribution < 1.29 is 5.11 Å². The number of aliphatic hydroxyl groups is 1. The van der Waals surface area contributed by atoms with Crippen LogP contribution in [0.5, 0.6) is 0 Å². The Balaban J connectivity index is 1.68. The van der Waals surface area contributed by atoms with Crippen LogP contribution in [0.15, 0.2) is 73.1 Å². The fraction of sp³-hybridized carbons (Fsp3) is 0.0833. The Bertz CT molecular complexity index is 1710. The van der Waals surface area contributed by atoms with Gasteiger partial charge in [0.25, 0.3) is 5.78 Å². The zero-order chi connectivity index (χ0) is 24.2. The number of hydrogen-bond donors (Lipinski definition) is 1. The van der Waals surface area contributed by atoms with Crippen LogP contribution in [0.1, 0.15) is 17.0 Å². The van der Waals surface area contributed by atoms with Crippen molar-refractivity contribution in [2.75, 3.05) is 0 Å². The van der Waals surface area contributed by atoms with E-state index in [4.69, 9.17) is 16.6 Å². The first-order chi connectivity index (χ1) is 16.9. The van der Waals surface area contributed by atoms with Gasteiger partial charge in [-0.2, -0.15) is 4.52 Å². The maximum atomic E-state index is 12.3. The number of rotatable bonds is 4. The Hall–Kier alpha value is -3.48. The van der Waals surface area contributed by atoms with Gasteiger partial charge in [-0.15, -0.1) is 10.2 Å². The number of aromatic nitrogens is 8. The number of tetrazole rings is 1. The first-order valence-electron chi connectivity index (χ1n) is 10.6. The van der Waals surface area contributed by atoms with Gasteiger partial charge in [0, 0.05) is 26.6 Å². The number of fused-ring (bicyclic) bond motifs is 3. The average molecular weight is 595 g/mol. The van der Waals surface area contributed by atoms with E-state index in [9.17, 15) is 5.11 Å². The van der Waals surface area contributed by atoms with E-state index >= 15 is 0 Å². The number of nitrogens with zero attached hydrogens (tertiary/aromatic N) is 8. The second kappa shape index (κ2) is 8.33. The lowest BCUT2D eigenvalue weighted by Gasteiger charge is -2.28. The third kappa shape index (κ3) is 3.56. The standard InChI is InChI=1S/C24H16ClIN8O/c1-33-13-27-29-22(33)24(35,15-5-8-18(26)9-6-15)16-7-10-20-19(12-16)21(14-3-2-4-17(25)11-14)28-23-30-31-32-34(20)23/h2-13,35H,1H3. The van der Waals surface area contributed by atoms with E-state index in [1.54, 1.807) is 28.5 Å². The van der Waals surface area contributed by atoms with Gasteiger partial charge in [0.1, 0.15) is 6.33 Å². The number of hydrogen-bond acceptors (Lipinski definition) is 7. The molecule has 1 unspecified atom stereocenters. The Morgan fingerprint density at radius 2 is 1.77 bits per heavy atom. The normalized spacial score (nSPS) is 13.4. The number of halogens is 2. The highest BCUT2D eigenvalue weighted by Gasteiger charge is 2.38. The van der Waals surface area contributed by atoms with Gasteiger partial charge in [0.05, 0.1) is 11.2 Å². The SMILES string of the molecule is Cn1cnnc1C(O)(c1ccc(I)cc1)c1ccc2c(c1)c(-c1cccc(Cl)c1)nc1nnnn12. The molecular formula is C24H16ClIN8O. The Labute approximate surface area is 217 Å². The Kier molecular flexibility index (Phi) is 5.24. The molecule has 0 radical (unpaired) electrons. The molecule has 3 heterocycles. The summed E-state index contributed by atoms with van der Waals surface area (Å²) in [5.74, 6) is 0.750. The minimum Gasteiger partial charge on any atom is -0.373 e. The molecule has 9 nitrogen and oxygen atoms in total. The van der Waals surface area contributed by atoms with Crippen molar-refractivity contribution in [1.82, 2.24) is 39.8 Å². The molecule has 0 fully saturated rings. The maximum absolute atomic E-state index is 12.3. The van der Waals surface area contributed by atoms with E-state index in [0.29, 0.717) is 33.4 Å². The third-order valence-electron chi connectivity index (χ3n) is 5.96. The molecule has 35 heavy (non-hydrogen) atoms. The van der Waals surface area contributed by atoms with Crippen molar-refractivity contribution in [3.8, 4) is 11.3 Å². The van der Waals surface area contributed by atoms with E-state index in [0.717, 1.165) is 20.0 Å². The molecule has 0 saturated carbocycles. The fourth-order valence-electron chi connectivity index (χ4n) is 4.29. The molecule has 1 atom stereocenters. The van der Waals surface area contributed by atoms with Crippen LogP contribution in [-0.2, 0) is 12.6 Å². The molecule has 0 aliphatic heterocycles. The van der Waals surface area contributed by atoms with Gasteiger partial charge in [0.15, 0.2) is 11.4 Å². The van der Waals surface area contributed by atoms with Crippen LogP contribution in [0.2, 0.25) is 5.02 Å². The lowest BCUT2D eigenvalue weighted by Crippen LogP contribution is -2.32. The average Bonchev–Trinajstić information content (AvgIpc) is 3.52. The second-order valence-corrected chi connectivity index (χ2v) is 9.76. The summed E-state index contributed by atoms with van der Waals surface area (Å²) < 4.78 is 4.33. The summed E-state index contributed by atoms with van der Waals surface area (Å²) in [5, 5.41) is 33.9. The predicted octanol–water partition coefficient (Wildman–Crippen LogP) is 4.01. The van der Waals surface area contributed by atoms with Crippen molar-refractivity contribution in [3.63, 3.8) is 0 Å². The second-order valence-electron chi connectivity index (χ2n) is 8.08. The number of benzene rings is 3. The van der Waals surface area contributed by atoms with E-state index < -0.39 is 5.60 Å². The van der Waals surface area contributed by atoms with E-state index in [2.05, 4.69) is 48.3 Å². The van der Waals surface area contributed by atoms with Crippen molar-refractivity contribution in [2.45, 2.75) is 5.60 Å². The first-order valence-corrected chi connectivity index (χ1v) is 12.0. The van der Waals surface area contributed by atoms with Crippen LogP contribution in [0, 0.1) is 3.57 Å². The zero-order valence-corrected chi connectivity index (χ0v) is 21.1. The summed E-state index contributed by atoms with van der Waals surface area (Å²) in [7, 11) is 1.80. The van der Waals surface area contributed by atoms with E-state index in [1.807, 2.05) is 60.7 Å². The van der Waals surface area contributed by atoms with Crippen molar-refractivity contribution in [1.29, 1.82) is 0 Å². The van der Waals surface area contributed by atoms with Crippen LogP contribution >= 0.6 is 34.2 Å². The summed E-state index contributed by atoms with van der Waals surface area (Å²) in [6.45, 7) is 0. The summed E-state index contributed by atoms with van der Waals surface area (Å²) in [6.07, 6.45) is 1.57. The van der Waals surface area contributed by atoms with Gasteiger partial charge in [-0.05, 0) is 80.5 Å². The molecule has 1 N–H and O–H groups in total. The predicted molar refractivity (Wildman–Crippen MR) is 139 cm³/mol. The van der Waals surface area contributed by atoms with Crippen LogP contribution in [-0.4, -0.2) is 44.9 Å². The topological polar surface area (TPSA) is 107 Å². The highest BCUT2D eigenvalue weighted by molar-refractivity contribution is 14.1. The fourth-order valence-corrected chi connectivity index (χ4v) is 4.84. The summed E-state index contributed by atoms with van der Waals surface area (Å²) in [6, 6.07) is 20.7. The van der Waals surface area contributed by atoms with Crippen molar-refractivity contribution >= 4 is 50.9 Å². The van der Waals surface area contributed by atoms with Gasteiger partial charge in [-0.3, -0.25) is 0 Å². The van der Waals surface area contributed by atoms with Crippen LogP contribution < -0.4 is 0 Å². The molecule has 6 aromatic rings. The van der Waals surface area contributed by atoms with E-state index in [-0.39, 0.29) is 0 Å². The molecule has 0 aliphatic rings. The molecule has 0 bridgehead atoms. The van der Waals surface area contributed by atoms with Gasteiger partial charge in [-0.25, -0.2) is 4.98 Å². The van der Waals surface area contributed by atoms with Crippen LogP contribution in [0.4, 0.5) is 0 Å². The van der Waals surface area contributed by atoms with Gasteiger partial charge < -0.3 is 9.67 Å². The summed E-state index contributed by atoms with van der Waals surface area (Å²) in [5.41, 5.74) is 1.87. The van der Waals surface area contributed by atoms with Crippen LogP contribution in [0.25, 0.3) is 27.9 Å². The lowest BCUT2D eigenvalue weighted by molar-refractivity contribution is 0.112. The smallest absolute Gasteiger partial charge is 0.274 e. The first kappa shape index (κ1) is 22.0. The molecule has 0 aliphatic carbocycles. The zero-order valence-electron chi connectivity index (χ0n) is 18.2. The van der Waals surface area contributed by atoms with Gasteiger partial charge in [0.2, 0.25) is 0 Å². The number of aryl methyl sites for hydroxylation is 1. The lowest BCUT2D eigenvalue weighted by atomic mass is 9.84. The largest absolute Gasteiger partial charge is 0.373 e. The molecule has 0 spiro atoms. The molecule has 0 amide bonds. The molecule has 3 aromatic carbocycles. The molecule has 11 heteroatoms. The van der Waals surface area contributed by atoms with Crippen molar-refractivity contribution in [3.05, 3.63) is 98.6 Å². The third-order valence-corrected chi connectivity index (χ3v) is 6.91. The molecule has 0 saturated heterocycles. The Morgan fingerprint density at radius 1 is 0.971 bits per heavy atom. The van der Waals surface area contributed by atoms with Gasteiger partial charge >= 0.3 is 0 Å². The maximum Gasteiger partial charge on any atom is 0.274 e. The van der Waals surface area contributed by atoms with E-state index in [1.165, 1.54) is 0 Å². The monoisotopic (exact) mass is 594 g/mol. The minimum atomic E-state index is -1.58. The highest BCUT2D eigenvalue weighted by Crippen LogP contribution is 2.38. The molecular weight excluding hydrogens is 579 g/mol. The van der Waals surface area contributed by atoms with Gasteiger partial charge in [-0.1, -0.05) is 47.0 Å². The quantitative estimate of drug-likeness (QED) is 0.308. The minimum absolute atomic E-state index is 0.362. The summed E-state index contributed by atoms with van der Waals surface area (Å²) in [4.78, 5) is 4.71. The molecule has 3 aromatic heterocycles. The van der Waals surface area contributed by atoms with Crippen molar-refractivity contribution in [2.24, 2.45) is 7.05 Å². The molecule has 172 valence electrons. The molecule has 6 rings (SSSR count). The Morgan fingerprint density at radius 3 is 2.51 bits per heavy atom. The summed E-state index contributed by atoms with van der Waals surface area (Å²) >= 11 is 8.53. The van der Waals surface area contributed by atoms with Crippen LogP contribution in [0.3, 0.4) is 0 Å².